The Hall–Kier alpha value is -0.810. The average Bonchev–Trinajstić information content (AvgIpc) is 3.23. The van der Waals surface area contributed by atoms with Gasteiger partial charge in [0, 0.05) is 23.3 Å². The number of nitrogens with zero attached hydrogens (tertiary/aromatic N) is 2. The summed E-state index contributed by atoms with van der Waals surface area (Å²) in [5, 5.41) is 3.10. The Morgan fingerprint density at radius 1 is 1.33 bits per heavy atom. The number of carbonyl (C=O) groups excluding carboxylic acids is 1. The van der Waals surface area contributed by atoms with E-state index in [-0.39, 0.29) is 5.91 Å². The van der Waals surface area contributed by atoms with Crippen LogP contribution in [0.25, 0.3) is 0 Å². The highest BCUT2D eigenvalue weighted by Gasteiger charge is 2.27. The second-order valence-corrected chi connectivity index (χ2v) is 7.39. The summed E-state index contributed by atoms with van der Waals surface area (Å²) in [4.78, 5) is 14.7. The van der Waals surface area contributed by atoms with Gasteiger partial charge in [-0.25, -0.2) is 0 Å². The first-order valence-electron chi connectivity index (χ1n) is 7.97. The molecule has 116 valence electrons. The van der Waals surface area contributed by atoms with Crippen LogP contribution in [0.5, 0.6) is 0 Å². The number of halogens is 1. The predicted octanol–water partition coefficient (Wildman–Crippen LogP) is 3.05. The van der Waals surface area contributed by atoms with Crippen LogP contribution in [0.2, 0.25) is 0 Å². The fourth-order valence-electron chi connectivity index (χ4n) is 3.11. The predicted molar refractivity (Wildman–Crippen MR) is 87.6 cm³/mol. The molecule has 3 rings (SSSR count). The van der Waals surface area contributed by atoms with Crippen LogP contribution in [0.4, 0.5) is 0 Å². The Bertz CT molecular complexity index is 502. The summed E-state index contributed by atoms with van der Waals surface area (Å²) >= 11 is 3.48. The van der Waals surface area contributed by atoms with Crippen molar-refractivity contribution in [1.29, 1.82) is 0 Å². The van der Waals surface area contributed by atoms with Crippen molar-refractivity contribution in [3.63, 3.8) is 0 Å². The van der Waals surface area contributed by atoms with Gasteiger partial charge in [0.15, 0.2) is 0 Å². The van der Waals surface area contributed by atoms with Crippen molar-refractivity contribution >= 4 is 21.8 Å². The third-order valence-corrected chi connectivity index (χ3v) is 5.10. The number of carbonyl (C=O) groups is 1. The molecule has 2 aliphatic rings. The number of nitrogens with one attached hydrogen (secondary N) is 1. The number of aromatic nitrogens is 1. The van der Waals surface area contributed by atoms with Gasteiger partial charge in [-0.2, -0.15) is 0 Å². The standard InChI is InChI=1S/C16H24BrN3O/c1-19-8-5-12(6-9-19)4-7-18-16(21)15-10-13(17)11-20(15)14-2-3-14/h10-12,14H,2-9H2,1H3,(H,18,21). The molecule has 21 heavy (non-hydrogen) atoms. The van der Waals surface area contributed by atoms with E-state index in [0.29, 0.717) is 6.04 Å². The zero-order valence-corrected chi connectivity index (χ0v) is 14.2. The van der Waals surface area contributed by atoms with E-state index in [1.165, 1.54) is 38.8 Å². The molecule has 0 spiro atoms. The van der Waals surface area contributed by atoms with Gasteiger partial charge in [-0.3, -0.25) is 4.79 Å². The summed E-state index contributed by atoms with van der Waals surface area (Å²) in [5.74, 6) is 0.837. The Balaban J connectivity index is 1.48. The van der Waals surface area contributed by atoms with Gasteiger partial charge in [0.2, 0.25) is 0 Å². The molecule has 4 nitrogen and oxygen atoms in total. The van der Waals surface area contributed by atoms with Gasteiger partial charge in [0.1, 0.15) is 5.69 Å². The Morgan fingerprint density at radius 3 is 2.71 bits per heavy atom. The molecule has 1 N–H and O–H groups in total. The molecular formula is C16H24BrN3O. The van der Waals surface area contributed by atoms with Crippen molar-refractivity contribution in [1.82, 2.24) is 14.8 Å². The van der Waals surface area contributed by atoms with Crippen LogP contribution in [0.3, 0.4) is 0 Å². The first-order chi connectivity index (χ1) is 10.1. The molecule has 1 amide bonds. The molecule has 5 heteroatoms. The minimum Gasteiger partial charge on any atom is -0.351 e. The van der Waals surface area contributed by atoms with Crippen molar-refractivity contribution < 1.29 is 4.79 Å². The lowest BCUT2D eigenvalue weighted by atomic mass is 9.94. The highest BCUT2D eigenvalue weighted by atomic mass is 79.9. The van der Waals surface area contributed by atoms with Gasteiger partial charge in [-0.05, 0) is 80.2 Å². The molecule has 0 atom stereocenters. The van der Waals surface area contributed by atoms with E-state index in [1.54, 1.807) is 0 Å². The quantitative estimate of drug-likeness (QED) is 0.883. The smallest absolute Gasteiger partial charge is 0.267 e. The van der Waals surface area contributed by atoms with Crippen LogP contribution in [0.15, 0.2) is 16.7 Å². The van der Waals surface area contributed by atoms with Crippen molar-refractivity contribution in [2.75, 3.05) is 26.7 Å². The molecule has 0 aromatic carbocycles. The molecule has 1 saturated carbocycles. The van der Waals surface area contributed by atoms with Gasteiger partial charge in [-0.15, -0.1) is 0 Å². The topological polar surface area (TPSA) is 37.3 Å². The van der Waals surface area contributed by atoms with E-state index >= 15 is 0 Å². The van der Waals surface area contributed by atoms with E-state index in [4.69, 9.17) is 0 Å². The number of rotatable bonds is 5. The molecule has 0 unspecified atom stereocenters. The third-order valence-electron chi connectivity index (χ3n) is 4.66. The van der Waals surface area contributed by atoms with Gasteiger partial charge < -0.3 is 14.8 Å². The van der Waals surface area contributed by atoms with Crippen LogP contribution >= 0.6 is 15.9 Å². The van der Waals surface area contributed by atoms with Gasteiger partial charge >= 0.3 is 0 Å². The maximum atomic E-state index is 12.3. The highest BCUT2D eigenvalue weighted by molar-refractivity contribution is 9.10. The monoisotopic (exact) mass is 353 g/mol. The molecular weight excluding hydrogens is 330 g/mol. The second-order valence-electron chi connectivity index (χ2n) is 6.47. The minimum absolute atomic E-state index is 0.0699. The molecule has 1 aliphatic carbocycles. The molecule has 1 aromatic heterocycles. The van der Waals surface area contributed by atoms with Gasteiger partial charge in [0.25, 0.3) is 5.91 Å². The number of likely N-dealkylation sites (tertiary alicyclic amines) is 1. The fourth-order valence-corrected chi connectivity index (χ4v) is 3.55. The number of amides is 1. The van der Waals surface area contributed by atoms with Gasteiger partial charge in [0.05, 0.1) is 0 Å². The molecule has 1 saturated heterocycles. The second kappa shape index (κ2) is 6.53. The third kappa shape index (κ3) is 3.89. The SMILES string of the molecule is CN1CCC(CCNC(=O)c2cc(Br)cn2C2CC2)CC1. The first kappa shape index (κ1) is 15.1. The lowest BCUT2D eigenvalue weighted by molar-refractivity contribution is 0.0939. The van der Waals surface area contributed by atoms with Crippen LogP contribution < -0.4 is 5.32 Å². The summed E-state index contributed by atoms with van der Waals surface area (Å²) < 4.78 is 3.12. The molecule has 2 fully saturated rings. The highest BCUT2D eigenvalue weighted by Crippen LogP contribution is 2.37. The summed E-state index contributed by atoms with van der Waals surface area (Å²) in [6.45, 7) is 3.17. The van der Waals surface area contributed by atoms with Crippen molar-refractivity contribution in [3.8, 4) is 0 Å². The van der Waals surface area contributed by atoms with E-state index < -0.39 is 0 Å². The normalized spacial score (nSPS) is 20.7. The van der Waals surface area contributed by atoms with E-state index in [9.17, 15) is 4.79 Å². The summed E-state index contributed by atoms with van der Waals surface area (Å²) in [6.07, 6.45) is 8.04. The van der Waals surface area contributed by atoms with E-state index in [0.717, 1.165) is 29.1 Å². The fraction of sp³-hybridized carbons (Fsp3) is 0.688. The molecule has 0 radical (unpaired) electrons. The number of hydrogen-bond acceptors (Lipinski definition) is 2. The Labute approximate surface area is 135 Å². The van der Waals surface area contributed by atoms with Crippen molar-refractivity contribution in [2.24, 2.45) is 5.92 Å². The van der Waals surface area contributed by atoms with Crippen LogP contribution in [0.1, 0.15) is 48.6 Å². The van der Waals surface area contributed by atoms with E-state index in [2.05, 4.69) is 37.8 Å². The zero-order chi connectivity index (χ0) is 14.8. The van der Waals surface area contributed by atoms with Crippen LogP contribution in [-0.2, 0) is 0 Å². The van der Waals surface area contributed by atoms with Crippen LogP contribution in [0, 0.1) is 5.92 Å². The van der Waals surface area contributed by atoms with Crippen molar-refractivity contribution in [2.45, 2.75) is 38.1 Å². The maximum absolute atomic E-state index is 12.3. The minimum atomic E-state index is 0.0699. The maximum Gasteiger partial charge on any atom is 0.267 e. The average molecular weight is 354 g/mol. The van der Waals surface area contributed by atoms with Crippen molar-refractivity contribution in [3.05, 3.63) is 22.4 Å². The van der Waals surface area contributed by atoms with E-state index in [1.807, 2.05) is 12.3 Å². The lowest BCUT2D eigenvalue weighted by Crippen LogP contribution is -2.33. The summed E-state index contributed by atoms with van der Waals surface area (Å²) in [6, 6.07) is 2.47. The molecule has 1 aromatic rings. The van der Waals surface area contributed by atoms with Gasteiger partial charge in [-0.1, -0.05) is 0 Å². The summed E-state index contributed by atoms with van der Waals surface area (Å²) in [5.41, 5.74) is 0.799. The molecule has 1 aliphatic heterocycles. The summed E-state index contributed by atoms with van der Waals surface area (Å²) in [7, 11) is 2.18. The number of piperidine rings is 1. The Morgan fingerprint density at radius 2 is 2.05 bits per heavy atom. The molecule has 0 bridgehead atoms. The van der Waals surface area contributed by atoms with Crippen LogP contribution in [-0.4, -0.2) is 42.1 Å². The largest absolute Gasteiger partial charge is 0.351 e. The number of hydrogen-bond donors (Lipinski definition) is 1. The lowest BCUT2D eigenvalue weighted by Gasteiger charge is -2.28. The Kier molecular flexibility index (Phi) is 4.69. The molecule has 2 heterocycles. The zero-order valence-electron chi connectivity index (χ0n) is 12.6. The first-order valence-corrected chi connectivity index (χ1v) is 8.77.